The first-order valence-electron chi connectivity index (χ1n) is 10.0. The molecule has 0 unspecified atom stereocenters. The van der Waals surface area contributed by atoms with E-state index in [1.807, 2.05) is 31.2 Å². The first kappa shape index (κ1) is 20.8. The van der Waals surface area contributed by atoms with E-state index in [1.165, 1.54) is 19.3 Å². The summed E-state index contributed by atoms with van der Waals surface area (Å²) in [5.41, 5.74) is 2.06. The van der Waals surface area contributed by atoms with E-state index in [4.69, 9.17) is 4.74 Å². The molecule has 3 rings (SSSR count). The standard InChI is InChI=1S/C22H30N2O3S/c1-19-9-11-21(12-10-19)28(25,26)23-14-13-20-7-3-4-8-22(20)27-18-17-24-15-5-2-6-16-24/h3-4,7-12,23H,2,5-6,13-18H2,1H3. The van der Waals surface area contributed by atoms with Gasteiger partial charge in [0.15, 0.2) is 0 Å². The van der Waals surface area contributed by atoms with Crippen molar-refractivity contribution in [3.63, 3.8) is 0 Å². The van der Waals surface area contributed by atoms with Gasteiger partial charge in [-0.1, -0.05) is 42.3 Å². The summed E-state index contributed by atoms with van der Waals surface area (Å²) in [6.07, 6.45) is 4.47. The zero-order valence-corrected chi connectivity index (χ0v) is 17.4. The maximum absolute atomic E-state index is 12.4. The van der Waals surface area contributed by atoms with Crippen LogP contribution in [0.3, 0.4) is 0 Å². The Morgan fingerprint density at radius 3 is 2.46 bits per heavy atom. The van der Waals surface area contributed by atoms with Gasteiger partial charge in [-0.05, 0) is 63.0 Å². The van der Waals surface area contributed by atoms with Crippen molar-refractivity contribution >= 4 is 10.0 Å². The molecule has 0 aromatic heterocycles. The number of ether oxygens (including phenoxy) is 1. The third-order valence-electron chi connectivity index (χ3n) is 5.10. The van der Waals surface area contributed by atoms with Crippen LogP contribution in [0.1, 0.15) is 30.4 Å². The summed E-state index contributed by atoms with van der Waals surface area (Å²) in [4.78, 5) is 2.74. The number of aryl methyl sites for hydroxylation is 1. The fourth-order valence-corrected chi connectivity index (χ4v) is 4.47. The van der Waals surface area contributed by atoms with Crippen molar-refractivity contribution in [1.82, 2.24) is 9.62 Å². The number of rotatable bonds is 9. The first-order valence-corrected chi connectivity index (χ1v) is 11.5. The van der Waals surface area contributed by atoms with E-state index in [0.29, 0.717) is 24.5 Å². The lowest BCUT2D eigenvalue weighted by Gasteiger charge is -2.26. The highest BCUT2D eigenvalue weighted by atomic mass is 32.2. The second kappa shape index (κ2) is 10.0. The van der Waals surface area contributed by atoms with Crippen LogP contribution in [0.15, 0.2) is 53.4 Å². The molecule has 5 nitrogen and oxygen atoms in total. The van der Waals surface area contributed by atoms with Crippen molar-refractivity contribution < 1.29 is 13.2 Å². The molecule has 0 radical (unpaired) electrons. The normalized spacial score (nSPS) is 15.5. The zero-order valence-electron chi connectivity index (χ0n) is 16.6. The molecule has 6 heteroatoms. The highest BCUT2D eigenvalue weighted by molar-refractivity contribution is 7.89. The van der Waals surface area contributed by atoms with E-state index in [9.17, 15) is 8.42 Å². The average Bonchev–Trinajstić information content (AvgIpc) is 2.70. The second-order valence-electron chi connectivity index (χ2n) is 7.32. The van der Waals surface area contributed by atoms with E-state index in [2.05, 4.69) is 9.62 Å². The number of nitrogens with zero attached hydrogens (tertiary/aromatic N) is 1. The quantitative estimate of drug-likeness (QED) is 0.699. The smallest absolute Gasteiger partial charge is 0.240 e. The van der Waals surface area contributed by atoms with Gasteiger partial charge in [-0.15, -0.1) is 0 Å². The number of benzene rings is 2. The van der Waals surface area contributed by atoms with Gasteiger partial charge in [-0.25, -0.2) is 13.1 Å². The van der Waals surface area contributed by atoms with Crippen molar-refractivity contribution in [3.8, 4) is 5.75 Å². The van der Waals surface area contributed by atoms with E-state index >= 15 is 0 Å². The highest BCUT2D eigenvalue weighted by Gasteiger charge is 2.14. The van der Waals surface area contributed by atoms with Crippen molar-refractivity contribution in [2.24, 2.45) is 0 Å². The molecule has 0 amide bonds. The van der Waals surface area contributed by atoms with Crippen LogP contribution in [0.5, 0.6) is 5.75 Å². The Hall–Kier alpha value is -1.89. The maximum Gasteiger partial charge on any atom is 0.240 e. The summed E-state index contributed by atoms with van der Waals surface area (Å²) in [5, 5.41) is 0. The number of hydrogen-bond donors (Lipinski definition) is 1. The molecule has 1 aliphatic rings. The summed E-state index contributed by atoms with van der Waals surface area (Å²) >= 11 is 0. The molecule has 2 aromatic rings. The average molecular weight is 403 g/mol. The van der Waals surface area contributed by atoms with E-state index in [-0.39, 0.29) is 0 Å². The molecule has 1 heterocycles. The van der Waals surface area contributed by atoms with Gasteiger partial charge in [0.2, 0.25) is 10.0 Å². The molecule has 28 heavy (non-hydrogen) atoms. The topological polar surface area (TPSA) is 58.6 Å². The van der Waals surface area contributed by atoms with Crippen molar-refractivity contribution in [2.75, 3.05) is 32.8 Å². The molecule has 1 aliphatic heterocycles. The summed E-state index contributed by atoms with van der Waals surface area (Å²) in [7, 11) is -3.49. The van der Waals surface area contributed by atoms with E-state index in [1.54, 1.807) is 24.3 Å². The first-order chi connectivity index (χ1) is 13.5. The van der Waals surface area contributed by atoms with Crippen LogP contribution < -0.4 is 9.46 Å². The van der Waals surface area contributed by atoms with Crippen molar-refractivity contribution in [3.05, 3.63) is 59.7 Å². The lowest BCUT2D eigenvalue weighted by atomic mass is 10.1. The van der Waals surface area contributed by atoms with Crippen LogP contribution >= 0.6 is 0 Å². The van der Waals surface area contributed by atoms with Crippen LogP contribution in [0.2, 0.25) is 0 Å². The molecule has 0 bridgehead atoms. The van der Waals surface area contributed by atoms with Crippen molar-refractivity contribution in [1.29, 1.82) is 0 Å². The molecule has 0 aliphatic carbocycles. The molecule has 0 saturated carbocycles. The number of likely N-dealkylation sites (tertiary alicyclic amines) is 1. The van der Waals surface area contributed by atoms with Crippen LogP contribution in [-0.2, 0) is 16.4 Å². The number of para-hydroxylation sites is 1. The summed E-state index contributed by atoms with van der Waals surface area (Å²) in [6, 6.07) is 14.7. The third kappa shape index (κ3) is 6.06. The van der Waals surface area contributed by atoms with Crippen LogP contribution in [-0.4, -0.2) is 46.1 Å². The molecule has 1 N–H and O–H groups in total. The van der Waals surface area contributed by atoms with Crippen LogP contribution in [0.25, 0.3) is 0 Å². The minimum absolute atomic E-state index is 0.296. The SMILES string of the molecule is Cc1ccc(S(=O)(=O)NCCc2ccccc2OCCN2CCCCC2)cc1. The molecule has 1 fully saturated rings. The summed E-state index contributed by atoms with van der Waals surface area (Å²) < 4.78 is 33.5. The molecule has 0 atom stereocenters. The predicted molar refractivity (Wildman–Crippen MR) is 112 cm³/mol. The van der Waals surface area contributed by atoms with Crippen molar-refractivity contribution in [2.45, 2.75) is 37.5 Å². The van der Waals surface area contributed by atoms with Crippen LogP contribution in [0, 0.1) is 6.92 Å². The lowest BCUT2D eigenvalue weighted by molar-refractivity contribution is 0.183. The summed E-state index contributed by atoms with van der Waals surface area (Å²) in [5.74, 6) is 0.842. The molecular weight excluding hydrogens is 372 g/mol. The van der Waals surface area contributed by atoms with Gasteiger partial charge in [0.05, 0.1) is 4.90 Å². The third-order valence-corrected chi connectivity index (χ3v) is 6.58. The Bertz CT molecular complexity index is 844. The molecule has 0 spiro atoms. The predicted octanol–water partition coefficient (Wildman–Crippen LogP) is 3.38. The Labute approximate surface area is 168 Å². The monoisotopic (exact) mass is 402 g/mol. The minimum atomic E-state index is -3.49. The fourth-order valence-electron chi connectivity index (χ4n) is 3.44. The van der Waals surface area contributed by atoms with E-state index < -0.39 is 10.0 Å². The fraction of sp³-hybridized carbons (Fsp3) is 0.455. The number of nitrogens with one attached hydrogen (secondary N) is 1. The van der Waals surface area contributed by atoms with Gasteiger partial charge in [0, 0.05) is 13.1 Å². The van der Waals surface area contributed by atoms with E-state index in [0.717, 1.165) is 36.5 Å². The maximum atomic E-state index is 12.4. The Morgan fingerprint density at radius 1 is 1.00 bits per heavy atom. The largest absolute Gasteiger partial charge is 0.492 e. The highest BCUT2D eigenvalue weighted by Crippen LogP contribution is 2.19. The second-order valence-corrected chi connectivity index (χ2v) is 9.09. The number of piperidine rings is 1. The van der Waals surface area contributed by atoms with Gasteiger partial charge in [0.1, 0.15) is 12.4 Å². The van der Waals surface area contributed by atoms with Gasteiger partial charge >= 0.3 is 0 Å². The Kier molecular flexibility index (Phi) is 7.48. The van der Waals surface area contributed by atoms with Gasteiger partial charge in [-0.3, -0.25) is 4.90 Å². The molecular formula is C22H30N2O3S. The van der Waals surface area contributed by atoms with Gasteiger partial charge in [-0.2, -0.15) is 0 Å². The minimum Gasteiger partial charge on any atom is -0.492 e. The molecule has 152 valence electrons. The number of hydrogen-bond acceptors (Lipinski definition) is 4. The Morgan fingerprint density at radius 2 is 1.71 bits per heavy atom. The Balaban J connectivity index is 1.50. The van der Waals surface area contributed by atoms with Gasteiger partial charge < -0.3 is 4.74 Å². The van der Waals surface area contributed by atoms with Gasteiger partial charge in [0.25, 0.3) is 0 Å². The zero-order chi connectivity index (χ0) is 19.8. The molecule has 1 saturated heterocycles. The lowest BCUT2D eigenvalue weighted by Crippen LogP contribution is -2.33. The molecule has 2 aromatic carbocycles. The number of sulfonamides is 1. The van der Waals surface area contributed by atoms with Crippen LogP contribution in [0.4, 0.5) is 0 Å². The summed E-state index contributed by atoms with van der Waals surface area (Å²) in [6.45, 7) is 6.19.